The second-order valence-electron chi connectivity index (χ2n) is 5.66. The molecule has 0 aromatic rings. The van der Waals surface area contributed by atoms with Crippen molar-refractivity contribution < 1.29 is 0 Å². The molecule has 2 fully saturated rings. The summed E-state index contributed by atoms with van der Waals surface area (Å²) in [5, 5.41) is 1.87. The summed E-state index contributed by atoms with van der Waals surface area (Å²) in [4.78, 5) is 2.36. The maximum atomic E-state index is 2.36. The molecule has 1 nitrogen and oxygen atoms in total. The number of rotatable bonds is 6. The van der Waals surface area contributed by atoms with Crippen LogP contribution < -0.4 is 0 Å². The fraction of sp³-hybridized carbons (Fsp3) is 1.00. The van der Waals surface area contributed by atoms with E-state index in [0.717, 1.165) is 16.4 Å². The Labute approximate surface area is 118 Å². The molecule has 2 saturated carbocycles. The number of nitrogens with zero attached hydrogens (tertiary/aromatic N) is 1. The molecule has 2 rings (SSSR count). The fourth-order valence-electron chi connectivity index (χ4n) is 2.92. The number of hydrogen-bond acceptors (Lipinski definition) is 4. The molecule has 0 aliphatic heterocycles. The second kappa shape index (κ2) is 7.56. The highest BCUT2D eigenvalue weighted by molar-refractivity contribution is 9.09. The molecule has 17 heavy (non-hydrogen) atoms. The van der Waals surface area contributed by atoms with Gasteiger partial charge in [0.1, 0.15) is 0 Å². The molecule has 0 N–H and O–H groups in total. The Bertz CT molecular complexity index is 217. The molecule has 2 aliphatic rings. The minimum absolute atomic E-state index is 0.913. The molecule has 0 heterocycles. The lowest BCUT2D eigenvalue weighted by Gasteiger charge is -2.22. The first-order valence-electron chi connectivity index (χ1n) is 6.89. The van der Waals surface area contributed by atoms with Gasteiger partial charge in [-0.2, -0.15) is 0 Å². The summed E-state index contributed by atoms with van der Waals surface area (Å²) in [6.45, 7) is 1.28. The minimum Gasteiger partial charge on any atom is -0.309 e. The van der Waals surface area contributed by atoms with E-state index >= 15 is 0 Å². The Morgan fingerprint density at radius 3 is 2.41 bits per heavy atom. The third-order valence-electron chi connectivity index (χ3n) is 3.83. The summed E-state index contributed by atoms with van der Waals surface area (Å²) in [5.74, 6) is 0.937. The van der Waals surface area contributed by atoms with Crippen molar-refractivity contribution in [2.24, 2.45) is 5.92 Å². The van der Waals surface area contributed by atoms with Crippen LogP contribution in [0.25, 0.3) is 0 Å². The topological polar surface area (TPSA) is 3.24 Å². The molecule has 100 valence electrons. The van der Waals surface area contributed by atoms with Crippen LogP contribution >= 0.6 is 31.4 Å². The quantitative estimate of drug-likeness (QED) is 0.653. The van der Waals surface area contributed by atoms with Crippen LogP contribution in [-0.2, 0) is 0 Å². The van der Waals surface area contributed by atoms with Crippen molar-refractivity contribution in [2.75, 3.05) is 20.6 Å². The summed E-state index contributed by atoms with van der Waals surface area (Å²) >= 11 is 0. The van der Waals surface area contributed by atoms with Crippen molar-refractivity contribution in [1.29, 1.82) is 0 Å². The lowest BCUT2D eigenvalue weighted by Crippen LogP contribution is -2.25. The Morgan fingerprint density at radius 1 is 0.941 bits per heavy atom. The van der Waals surface area contributed by atoms with Crippen molar-refractivity contribution in [2.45, 2.75) is 55.4 Å². The SMILES string of the molecule is CN(C)CC1CCCC1SSSC1CCCC1. The van der Waals surface area contributed by atoms with E-state index in [4.69, 9.17) is 0 Å². The van der Waals surface area contributed by atoms with Crippen LogP contribution in [0.4, 0.5) is 0 Å². The van der Waals surface area contributed by atoms with Crippen molar-refractivity contribution in [3.8, 4) is 0 Å². The van der Waals surface area contributed by atoms with Crippen LogP contribution in [0.1, 0.15) is 44.9 Å². The molecule has 0 spiro atoms. The van der Waals surface area contributed by atoms with Gasteiger partial charge in [-0.25, -0.2) is 0 Å². The summed E-state index contributed by atoms with van der Waals surface area (Å²) < 4.78 is 0. The average molecular weight is 292 g/mol. The largest absolute Gasteiger partial charge is 0.309 e. The molecular formula is C13H25NS3. The fourth-order valence-corrected chi connectivity index (χ4v) is 8.77. The first-order valence-corrected chi connectivity index (χ1v) is 10.5. The molecule has 4 heteroatoms. The van der Waals surface area contributed by atoms with Gasteiger partial charge in [0.2, 0.25) is 0 Å². The average Bonchev–Trinajstić information content (AvgIpc) is 2.90. The highest BCUT2D eigenvalue weighted by atomic mass is 33.5. The Balaban J connectivity index is 1.63. The molecule has 2 atom stereocenters. The van der Waals surface area contributed by atoms with E-state index in [1.807, 2.05) is 0 Å². The summed E-state index contributed by atoms with van der Waals surface area (Å²) in [6, 6.07) is 0. The first kappa shape index (κ1) is 14.4. The molecule has 0 aromatic carbocycles. The standard InChI is InChI=1S/C13H25NS3/c1-14(2)10-11-6-5-9-13(11)16-17-15-12-7-3-4-8-12/h11-13H,3-10H2,1-2H3. The second-order valence-corrected chi connectivity index (χ2v) is 10.2. The van der Waals surface area contributed by atoms with Crippen molar-refractivity contribution >= 4 is 31.4 Å². The highest BCUT2D eigenvalue weighted by Crippen LogP contribution is 2.49. The van der Waals surface area contributed by atoms with E-state index in [2.05, 4.69) is 50.4 Å². The monoisotopic (exact) mass is 291 g/mol. The number of hydrogen-bond donors (Lipinski definition) is 0. The van der Waals surface area contributed by atoms with E-state index in [9.17, 15) is 0 Å². The normalized spacial score (nSPS) is 30.5. The molecular weight excluding hydrogens is 266 g/mol. The van der Waals surface area contributed by atoms with Gasteiger partial charge in [-0.1, -0.05) is 40.9 Å². The predicted molar refractivity (Wildman–Crippen MR) is 84.7 cm³/mol. The van der Waals surface area contributed by atoms with Gasteiger partial charge in [-0.05, 0) is 55.5 Å². The van der Waals surface area contributed by atoms with E-state index in [1.54, 1.807) is 0 Å². The van der Waals surface area contributed by atoms with Crippen molar-refractivity contribution in [1.82, 2.24) is 4.90 Å². The lowest BCUT2D eigenvalue weighted by molar-refractivity contribution is 0.333. The van der Waals surface area contributed by atoms with Crippen molar-refractivity contribution in [3.63, 3.8) is 0 Å². The zero-order chi connectivity index (χ0) is 12.1. The van der Waals surface area contributed by atoms with Crippen LogP contribution in [0.15, 0.2) is 0 Å². The van der Waals surface area contributed by atoms with Gasteiger partial charge in [0.15, 0.2) is 0 Å². The van der Waals surface area contributed by atoms with Crippen LogP contribution in [0.3, 0.4) is 0 Å². The molecule has 0 amide bonds. The molecule has 0 bridgehead atoms. The smallest absolute Gasteiger partial charge is 0.0200 e. The van der Waals surface area contributed by atoms with Crippen LogP contribution in [0.5, 0.6) is 0 Å². The third-order valence-corrected chi connectivity index (χ3v) is 9.04. The maximum Gasteiger partial charge on any atom is 0.0200 e. The van der Waals surface area contributed by atoms with Crippen LogP contribution in [0.2, 0.25) is 0 Å². The Kier molecular flexibility index (Phi) is 6.42. The summed E-state index contributed by atoms with van der Waals surface area (Å²) in [5.41, 5.74) is 0. The van der Waals surface area contributed by atoms with Crippen molar-refractivity contribution in [3.05, 3.63) is 0 Å². The van der Waals surface area contributed by atoms with E-state index in [-0.39, 0.29) is 0 Å². The minimum atomic E-state index is 0.913. The molecule has 2 aliphatic carbocycles. The van der Waals surface area contributed by atoms with Gasteiger partial charge in [-0.3, -0.25) is 0 Å². The van der Waals surface area contributed by atoms with Gasteiger partial charge in [0.05, 0.1) is 0 Å². The van der Waals surface area contributed by atoms with Crippen LogP contribution in [-0.4, -0.2) is 36.0 Å². The molecule has 0 saturated heterocycles. The summed E-state index contributed by atoms with van der Waals surface area (Å²) in [7, 11) is 10.8. The zero-order valence-corrected chi connectivity index (χ0v) is 13.5. The Morgan fingerprint density at radius 2 is 1.71 bits per heavy atom. The predicted octanol–water partition coefficient (Wildman–Crippen LogP) is 4.69. The van der Waals surface area contributed by atoms with Gasteiger partial charge < -0.3 is 4.90 Å². The van der Waals surface area contributed by atoms with E-state index in [1.165, 1.54) is 51.5 Å². The van der Waals surface area contributed by atoms with E-state index < -0.39 is 0 Å². The zero-order valence-electron chi connectivity index (χ0n) is 11.1. The first-order chi connectivity index (χ1) is 8.25. The van der Waals surface area contributed by atoms with Gasteiger partial charge in [-0.15, -0.1) is 0 Å². The summed E-state index contributed by atoms with van der Waals surface area (Å²) in [6.07, 6.45) is 10.2. The molecule has 0 radical (unpaired) electrons. The molecule has 0 aromatic heterocycles. The van der Waals surface area contributed by atoms with Gasteiger partial charge >= 0.3 is 0 Å². The third kappa shape index (κ3) is 4.88. The highest BCUT2D eigenvalue weighted by Gasteiger charge is 2.28. The lowest BCUT2D eigenvalue weighted by atomic mass is 10.1. The van der Waals surface area contributed by atoms with Gasteiger partial charge in [0.25, 0.3) is 0 Å². The van der Waals surface area contributed by atoms with Crippen LogP contribution in [0, 0.1) is 5.92 Å². The van der Waals surface area contributed by atoms with E-state index in [0.29, 0.717) is 0 Å². The maximum absolute atomic E-state index is 2.36. The van der Waals surface area contributed by atoms with Gasteiger partial charge in [0, 0.05) is 17.0 Å². The molecule has 2 unspecified atom stereocenters. The Hall–Kier alpha value is 1.01.